The van der Waals surface area contributed by atoms with E-state index in [0.717, 1.165) is 25.9 Å². The van der Waals surface area contributed by atoms with Crippen molar-refractivity contribution in [3.8, 4) is 0 Å². The molecule has 0 aliphatic rings. The zero-order valence-corrected chi connectivity index (χ0v) is 17.8. The summed E-state index contributed by atoms with van der Waals surface area (Å²) in [5, 5.41) is 3.01. The highest BCUT2D eigenvalue weighted by Crippen LogP contribution is 2.07. The molecule has 0 atom stereocenters. The van der Waals surface area contributed by atoms with Crippen LogP contribution in [0.5, 0.6) is 0 Å². The van der Waals surface area contributed by atoms with Gasteiger partial charge in [0.2, 0.25) is 5.91 Å². The first-order chi connectivity index (χ1) is 12.7. The zero-order chi connectivity index (χ0) is 19.3. The van der Waals surface area contributed by atoms with Gasteiger partial charge in [0.1, 0.15) is 0 Å². The zero-order valence-electron chi connectivity index (χ0n) is 17.8. The fourth-order valence-electron chi connectivity index (χ4n) is 2.75. The quantitative estimate of drug-likeness (QED) is 0.244. The van der Waals surface area contributed by atoms with Gasteiger partial charge in [-0.2, -0.15) is 0 Å². The summed E-state index contributed by atoms with van der Waals surface area (Å²) in [5.41, 5.74) is 0. The van der Waals surface area contributed by atoms with Gasteiger partial charge in [0.05, 0.1) is 0 Å². The number of amides is 1. The predicted molar refractivity (Wildman–Crippen MR) is 116 cm³/mol. The molecule has 0 radical (unpaired) electrons. The van der Waals surface area contributed by atoms with Crippen LogP contribution in [-0.2, 0) is 4.79 Å². The molecule has 0 spiro atoms. The highest BCUT2D eigenvalue weighted by atomic mass is 16.1. The summed E-state index contributed by atoms with van der Waals surface area (Å²) in [4.78, 5) is 13.6. The van der Waals surface area contributed by atoms with Crippen LogP contribution in [0.15, 0.2) is 24.3 Å². The molecule has 0 saturated heterocycles. The topological polar surface area (TPSA) is 32.3 Å². The summed E-state index contributed by atoms with van der Waals surface area (Å²) >= 11 is 0. The lowest BCUT2D eigenvalue weighted by Crippen LogP contribution is -2.28. The van der Waals surface area contributed by atoms with Crippen LogP contribution in [0.2, 0.25) is 0 Å². The molecule has 0 aromatic carbocycles. The van der Waals surface area contributed by atoms with Crippen molar-refractivity contribution in [2.75, 3.05) is 27.2 Å². The Bertz CT molecular complexity index is 361. The number of carbonyl (C=O) groups is 1. The van der Waals surface area contributed by atoms with E-state index in [2.05, 4.69) is 36.5 Å². The lowest BCUT2D eigenvalue weighted by atomic mass is 10.1. The van der Waals surface area contributed by atoms with E-state index < -0.39 is 0 Å². The Hall–Kier alpha value is -1.09. The van der Waals surface area contributed by atoms with Crippen molar-refractivity contribution in [1.29, 1.82) is 0 Å². The Morgan fingerprint density at radius 1 is 0.808 bits per heavy atom. The highest BCUT2D eigenvalue weighted by molar-refractivity contribution is 5.75. The average molecular weight is 365 g/mol. The van der Waals surface area contributed by atoms with Crippen molar-refractivity contribution >= 4 is 5.91 Å². The summed E-state index contributed by atoms with van der Waals surface area (Å²) in [6.07, 6.45) is 25.0. The summed E-state index contributed by atoms with van der Waals surface area (Å²) in [6.45, 7) is 3.91. The van der Waals surface area contributed by atoms with Gasteiger partial charge in [-0.25, -0.2) is 0 Å². The summed E-state index contributed by atoms with van der Waals surface area (Å²) in [6, 6.07) is 0. The minimum absolute atomic E-state index is 0.182. The fraction of sp³-hybridized carbons (Fsp3) is 0.783. The summed E-state index contributed by atoms with van der Waals surface area (Å²) < 4.78 is 0. The van der Waals surface area contributed by atoms with E-state index in [-0.39, 0.29) is 5.91 Å². The molecular formula is C23H44N2O. The number of nitrogens with zero attached hydrogens (tertiary/aromatic N) is 1. The van der Waals surface area contributed by atoms with E-state index in [1.165, 1.54) is 64.2 Å². The van der Waals surface area contributed by atoms with Crippen molar-refractivity contribution in [1.82, 2.24) is 10.2 Å². The van der Waals surface area contributed by atoms with Gasteiger partial charge < -0.3 is 10.2 Å². The van der Waals surface area contributed by atoms with Gasteiger partial charge in [0, 0.05) is 19.5 Å². The number of hydrogen-bond acceptors (Lipinski definition) is 2. The Kier molecular flexibility index (Phi) is 19.4. The summed E-state index contributed by atoms with van der Waals surface area (Å²) in [5.74, 6) is 0.182. The van der Waals surface area contributed by atoms with E-state index in [1.54, 1.807) is 0 Å². The van der Waals surface area contributed by atoms with Crippen LogP contribution in [-0.4, -0.2) is 38.0 Å². The maximum atomic E-state index is 11.6. The number of rotatable bonds is 18. The Morgan fingerprint density at radius 2 is 1.38 bits per heavy atom. The summed E-state index contributed by atoms with van der Waals surface area (Å²) in [7, 11) is 3.99. The van der Waals surface area contributed by atoms with E-state index >= 15 is 0 Å². The molecule has 3 heteroatoms. The lowest BCUT2D eigenvalue weighted by molar-refractivity contribution is -0.121. The maximum absolute atomic E-state index is 11.6. The van der Waals surface area contributed by atoms with Crippen LogP contribution in [0.25, 0.3) is 0 Å². The third kappa shape index (κ3) is 21.0. The molecule has 3 nitrogen and oxygen atoms in total. The number of carbonyl (C=O) groups excluding carboxylic acids is 1. The van der Waals surface area contributed by atoms with Crippen LogP contribution < -0.4 is 5.32 Å². The minimum atomic E-state index is 0.182. The van der Waals surface area contributed by atoms with Gasteiger partial charge >= 0.3 is 0 Å². The molecule has 0 unspecified atom stereocenters. The third-order valence-corrected chi connectivity index (χ3v) is 4.49. The Balaban J connectivity index is 3.24. The molecule has 0 saturated carbocycles. The van der Waals surface area contributed by atoms with Crippen molar-refractivity contribution in [3.63, 3.8) is 0 Å². The van der Waals surface area contributed by atoms with E-state index in [1.807, 2.05) is 19.0 Å². The Labute approximate surface area is 163 Å². The van der Waals surface area contributed by atoms with Crippen LogP contribution >= 0.6 is 0 Å². The number of allylic oxidation sites excluding steroid dienone is 4. The van der Waals surface area contributed by atoms with Gasteiger partial charge in [-0.1, -0.05) is 69.8 Å². The second-order valence-corrected chi connectivity index (χ2v) is 7.49. The van der Waals surface area contributed by atoms with Crippen molar-refractivity contribution in [2.24, 2.45) is 0 Å². The number of nitrogens with one attached hydrogen (secondary N) is 1. The minimum Gasteiger partial charge on any atom is -0.356 e. The second kappa shape index (κ2) is 20.2. The molecule has 0 fully saturated rings. The van der Waals surface area contributed by atoms with Gasteiger partial charge in [-0.15, -0.1) is 0 Å². The highest BCUT2D eigenvalue weighted by Gasteiger charge is 2.00. The molecule has 1 N–H and O–H groups in total. The molecule has 0 heterocycles. The standard InChI is InChI=1S/C23H44N2O/c1-4-5-6-7-8-9-10-11-12-13-14-15-16-17-18-19-21-24-23(26)20-22-25(2)3/h8-9,11-12H,4-7,10,13-22H2,1-3H3,(H,24,26)/b9-8-,12-11+. The molecule has 0 bridgehead atoms. The van der Waals surface area contributed by atoms with Crippen LogP contribution in [0.3, 0.4) is 0 Å². The van der Waals surface area contributed by atoms with Gasteiger partial charge in [-0.05, 0) is 52.6 Å². The predicted octanol–water partition coefficient (Wildman–Crippen LogP) is 5.87. The van der Waals surface area contributed by atoms with Crippen molar-refractivity contribution < 1.29 is 4.79 Å². The number of unbranched alkanes of at least 4 members (excludes halogenated alkanes) is 9. The number of hydrogen-bond donors (Lipinski definition) is 1. The first-order valence-corrected chi connectivity index (χ1v) is 10.9. The molecule has 0 aliphatic heterocycles. The second-order valence-electron chi connectivity index (χ2n) is 7.49. The molecule has 1 amide bonds. The van der Waals surface area contributed by atoms with Gasteiger partial charge in [0.25, 0.3) is 0 Å². The van der Waals surface area contributed by atoms with E-state index in [4.69, 9.17) is 0 Å². The normalized spacial score (nSPS) is 11.8. The SMILES string of the molecule is CCCCC/C=C\C/C=C/CCCCCCCCNC(=O)CCN(C)C. The largest absolute Gasteiger partial charge is 0.356 e. The molecule has 0 rings (SSSR count). The monoisotopic (exact) mass is 364 g/mol. The van der Waals surface area contributed by atoms with Crippen LogP contribution in [0.4, 0.5) is 0 Å². The van der Waals surface area contributed by atoms with Crippen molar-refractivity contribution in [3.05, 3.63) is 24.3 Å². The average Bonchev–Trinajstić information content (AvgIpc) is 2.62. The molecule has 0 aliphatic carbocycles. The molecule has 0 aromatic rings. The fourth-order valence-corrected chi connectivity index (χ4v) is 2.75. The maximum Gasteiger partial charge on any atom is 0.221 e. The van der Waals surface area contributed by atoms with E-state index in [9.17, 15) is 4.79 Å². The third-order valence-electron chi connectivity index (χ3n) is 4.49. The molecule has 0 aromatic heterocycles. The lowest BCUT2D eigenvalue weighted by Gasteiger charge is -2.09. The molecule has 26 heavy (non-hydrogen) atoms. The smallest absolute Gasteiger partial charge is 0.221 e. The van der Waals surface area contributed by atoms with Crippen LogP contribution in [0.1, 0.15) is 90.4 Å². The Morgan fingerprint density at radius 3 is 2.00 bits per heavy atom. The van der Waals surface area contributed by atoms with E-state index in [0.29, 0.717) is 6.42 Å². The van der Waals surface area contributed by atoms with Gasteiger partial charge in [-0.3, -0.25) is 4.79 Å². The first-order valence-electron chi connectivity index (χ1n) is 10.9. The van der Waals surface area contributed by atoms with Crippen molar-refractivity contribution in [2.45, 2.75) is 90.4 Å². The molecule has 152 valence electrons. The first kappa shape index (κ1) is 24.9. The van der Waals surface area contributed by atoms with Gasteiger partial charge in [0.15, 0.2) is 0 Å². The molecular weight excluding hydrogens is 320 g/mol. The van der Waals surface area contributed by atoms with Crippen LogP contribution in [0, 0.1) is 0 Å².